The summed E-state index contributed by atoms with van der Waals surface area (Å²) in [7, 11) is 1.21. The van der Waals surface area contributed by atoms with Crippen LogP contribution in [-0.2, 0) is 0 Å². The zero-order valence-corrected chi connectivity index (χ0v) is 15.0. The van der Waals surface area contributed by atoms with Crippen LogP contribution in [-0.4, -0.2) is 12.3 Å². The largest absolute Gasteiger partial charge is 0.506 e. The Morgan fingerprint density at radius 2 is 1.09 bits per heavy atom. The standard InChI is InChI=1S/C21H21P2/c1-4-11-19(12-5-1)22-17-10-18-23(20-13-6-2-7-14-20)21-15-8-3-9-16-21/h1-9,11-16H,10,17-18H2/q-1. The number of hydrogen-bond donors (Lipinski definition) is 0. The average molecular weight is 335 g/mol. The van der Waals surface area contributed by atoms with Crippen molar-refractivity contribution in [1.29, 1.82) is 0 Å². The second-order valence-electron chi connectivity index (χ2n) is 5.39. The van der Waals surface area contributed by atoms with Crippen molar-refractivity contribution in [2.24, 2.45) is 0 Å². The summed E-state index contributed by atoms with van der Waals surface area (Å²) in [6.07, 6.45) is 3.78. The van der Waals surface area contributed by atoms with Crippen LogP contribution in [0.1, 0.15) is 6.42 Å². The Balaban J connectivity index is 1.63. The first kappa shape index (κ1) is 16.4. The molecule has 0 amide bonds. The second-order valence-corrected chi connectivity index (χ2v) is 9.01. The molecule has 0 nitrogen and oxygen atoms in total. The van der Waals surface area contributed by atoms with Crippen LogP contribution in [0.15, 0.2) is 91.0 Å². The van der Waals surface area contributed by atoms with Gasteiger partial charge in [-0.25, -0.2) is 5.30 Å². The lowest BCUT2D eigenvalue weighted by Crippen LogP contribution is -2.14. The van der Waals surface area contributed by atoms with Gasteiger partial charge in [-0.2, -0.15) is 6.16 Å². The molecule has 0 spiro atoms. The molecule has 0 heterocycles. The normalized spacial score (nSPS) is 11.3. The van der Waals surface area contributed by atoms with Gasteiger partial charge in [0.2, 0.25) is 0 Å². The van der Waals surface area contributed by atoms with Gasteiger partial charge in [0, 0.05) is 0 Å². The smallest absolute Gasteiger partial charge is 0.0195 e. The third kappa shape index (κ3) is 5.00. The van der Waals surface area contributed by atoms with Gasteiger partial charge in [0.05, 0.1) is 0 Å². The summed E-state index contributed by atoms with van der Waals surface area (Å²) in [6.45, 7) is 0. The lowest BCUT2D eigenvalue weighted by molar-refractivity contribution is 1.12. The van der Waals surface area contributed by atoms with Crippen LogP contribution in [0.2, 0.25) is 0 Å². The molecule has 2 heteroatoms. The minimum Gasteiger partial charge on any atom is -0.506 e. The van der Waals surface area contributed by atoms with E-state index in [1.807, 2.05) is 0 Å². The monoisotopic (exact) mass is 335 g/mol. The van der Waals surface area contributed by atoms with E-state index in [1.54, 1.807) is 0 Å². The van der Waals surface area contributed by atoms with Gasteiger partial charge in [0.1, 0.15) is 0 Å². The van der Waals surface area contributed by atoms with E-state index in [2.05, 4.69) is 91.0 Å². The number of hydrogen-bond acceptors (Lipinski definition) is 0. The summed E-state index contributed by atoms with van der Waals surface area (Å²) >= 11 is 0. The summed E-state index contributed by atoms with van der Waals surface area (Å²) in [5.41, 5.74) is 0. The Labute approximate surface area is 142 Å². The van der Waals surface area contributed by atoms with Crippen LogP contribution in [0.4, 0.5) is 0 Å². The van der Waals surface area contributed by atoms with E-state index in [-0.39, 0.29) is 7.92 Å². The highest BCUT2D eigenvalue weighted by atomic mass is 31.1. The van der Waals surface area contributed by atoms with E-state index in [0.717, 1.165) is 0 Å². The Hall–Kier alpha value is -1.48. The van der Waals surface area contributed by atoms with E-state index < -0.39 is 0 Å². The predicted octanol–water partition coefficient (Wildman–Crippen LogP) is 4.78. The molecule has 116 valence electrons. The Morgan fingerprint density at radius 3 is 1.61 bits per heavy atom. The maximum Gasteiger partial charge on any atom is -0.0195 e. The molecule has 23 heavy (non-hydrogen) atoms. The highest BCUT2D eigenvalue weighted by Crippen LogP contribution is 2.34. The number of benzene rings is 3. The fourth-order valence-electron chi connectivity index (χ4n) is 2.59. The van der Waals surface area contributed by atoms with Crippen molar-refractivity contribution in [1.82, 2.24) is 0 Å². The summed E-state index contributed by atoms with van der Waals surface area (Å²) < 4.78 is 0. The third-order valence-corrected chi connectivity index (χ3v) is 7.54. The molecule has 0 N–H and O–H groups in total. The lowest BCUT2D eigenvalue weighted by Gasteiger charge is -2.22. The molecule has 0 radical (unpaired) electrons. The zero-order chi connectivity index (χ0) is 15.7. The molecule has 3 aromatic carbocycles. The molecule has 0 aliphatic rings. The molecule has 0 aliphatic heterocycles. The van der Waals surface area contributed by atoms with E-state index in [1.165, 1.54) is 43.2 Å². The predicted molar refractivity (Wildman–Crippen MR) is 106 cm³/mol. The van der Waals surface area contributed by atoms with Gasteiger partial charge in [-0.15, -0.1) is 0 Å². The summed E-state index contributed by atoms with van der Waals surface area (Å²) in [5, 5.41) is 4.41. The molecular formula is C21H21P2-. The summed E-state index contributed by atoms with van der Waals surface area (Å²) in [4.78, 5) is 0. The zero-order valence-electron chi connectivity index (χ0n) is 13.2. The van der Waals surface area contributed by atoms with Crippen molar-refractivity contribution >= 4 is 32.4 Å². The van der Waals surface area contributed by atoms with Crippen molar-refractivity contribution < 1.29 is 0 Å². The Bertz CT molecular complexity index is 641. The minimum absolute atomic E-state index is 0.236. The van der Waals surface area contributed by atoms with E-state index in [4.69, 9.17) is 0 Å². The highest BCUT2D eigenvalue weighted by Gasteiger charge is 2.11. The first-order chi connectivity index (χ1) is 11.4. The van der Waals surface area contributed by atoms with Crippen LogP contribution >= 0.6 is 16.5 Å². The molecule has 0 fully saturated rings. The van der Waals surface area contributed by atoms with Crippen LogP contribution in [0.25, 0.3) is 0 Å². The van der Waals surface area contributed by atoms with Crippen LogP contribution in [0, 0.1) is 0 Å². The van der Waals surface area contributed by atoms with Crippen molar-refractivity contribution in [2.45, 2.75) is 6.42 Å². The lowest BCUT2D eigenvalue weighted by atomic mass is 10.4. The quantitative estimate of drug-likeness (QED) is 0.430. The molecule has 0 aromatic heterocycles. The van der Waals surface area contributed by atoms with Crippen LogP contribution in [0.3, 0.4) is 0 Å². The minimum atomic E-state index is -0.236. The average Bonchev–Trinajstić information content (AvgIpc) is 2.64. The fraction of sp³-hybridized carbons (Fsp3) is 0.143. The van der Waals surface area contributed by atoms with Gasteiger partial charge in [0.15, 0.2) is 0 Å². The summed E-state index contributed by atoms with van der Waals surface area (Å²) in [5.74, 6) is 0. The van der Waals surface area contributed by atoms with Crippen molar-refractivity contribution in [2.75, 3.05) is 12.3 Å². The van der Waals surface area contributed by atoms with Gasteiger partial charge in [-0.1, -0.05) is 97.4 Å². The van der Waals surface area contributed by atoms with Gasteiger partial charge < -0.3 is 8.58 Å². The van der Waals surface area contributed by atoms with E-state index in [9.17, 15) is 0 Å². The molecule has 3 rings (SSSR count). The topological polar surface area (TPSA) is 0 Å². The molecule has 0 unspecified atom stereocenters. The SMILES string of the molecule is c1ccc([P-]CCCP(c2ccccc2)c2ccccc2)cc1. The van der Waals surface area contributed by atoms with E-state index in [0.29, 0.717) is 0 Å². The van der Waals surface area contributed by atoms with Crippen LogP contribution < -0.4 is 15.9 Å². The van der Waals surface area contributed by atoms with Gasteiger partial charge in [-0.3, -0.25) is 0 Å². The third-order valence-electron chi connectivity index (χ3n) is 3.73. The fourth-order valence-corrected chi connectivity index (χ4v) is 6.15. The highest BCUT2D eigenvalue weighted by molar-refractivity contribution is 7.73. The van der Waals surface area contributed by atoms with Crippen molar-refractivity contribution in [3.05, 3.63) is 91.0 Å². The maximum atomic E-state index is 2.29. The molecule has 3 aromatic rings. The molecular weight excluding hydrogens is 314 g/mol. The van der Waals surface area contributed by atoms with Gasteiger partial charge in [-0.05, 0) is 24.7 Å². The van der Waals surface area contributed by atoms with Crippen molar-refractivity contribution in [3.8, 4) is 0 Å². The van der Waals surface area contributed by atoms with Gasteiger partial charge in [0.25, 0.3) is 0 Å². The Kier molecular flexibility index (Phi) is 6.39. The second kappa shape index (κ2) is 8.97. The first-order valence-corrected chi connectivity index (χ1v) is 10.6. The molecule has 0 saturated carbocycles. The van der Waals surface area contributed by atoms with Gasteiger partial charge >= 0.3 is 0 Å². The maximum absolute atomic E-state index is 2.29. The first-order valence-electron chi connectivity index (χ1n) is 8.04. The summed E-state index contributed by atoms with van der Waals surface area (Å²) in [6, 6.07) is 32.8. The molecule has 0 bridgehead atoms. The van der Waals surface area contributed by atoms with Crippen molar-refractivity contribution in [3.63, 3.8) is 0 Å². The molecule has 0 atom stereocenters. The van der Waals surface area contributed by atoms with Crippen LogP contribution in [0.5, 0.6) is 0 Å². The molecule has 0 saturated heterocycles. The van der Waals surface area contributed by atoms with E-state index >= 15 is 0 Å². The Morgan fingerprint density at radius 1 is 0.609 bits per heavy atom. The number of rotatable bonds is 7. The molecule has 0 aliphatic carbocycles.